The molecule has 5 aromatic rings. The molecule has 0 bridgehead atoms. The van der Waals surface area contributed by atoms with Crippen molar-refractivity contribution in [1.82, 2.24) is 45.4 Å². The third kappa shape index (κ3) is 10.5. The Hall–Kier alpha value is -6.91. The number of hydrogen-bond donors (Lipinski definition) is 4. The van der Waals surface area contributed by atoms with Gasteiger partial charge in [0.25, 0.3) is 0 Å². The van der Waals surface area contributed by atoms with Crippen LogP contribution in [0.3, 0.4) is 0 Å². The summed E-state index contributed by atoms with van der Waals surface area (Å²) >= 11 is 0. The Morgan fingerprint density at radius 2 is 1.01 bits per heavy atom. The summed E-state index contributed by atoms with van der Waals surface area (Å²) in [6.45, 7) is 10.9. The molecular weight excluding hydrogens is 899 g/mol. The van der Waals surface area contributed by atoms with E-state index in [9.17, 15) is 19.2 Å². The first-order chi connectivity index (χ1) is 34.4. The number of anilines is 2. The minimum Gasteiger partial charge on any atom is -0.453 e. The van der Waals surface area contributed by atoms with Gasteiger partial charge >= 0.3 is 12.2 Å². The molecule has 0 aliphatic carbocycles. The standard InChI is InChI=1S/C54H69N11O6/c1-33(2)47(60-53(68)70-5)51(66)63-28-10-12-44(63)49-56-31-40(58-49)35-14-18-37(19-15-35)42-23-24-43(65(42)39-22-25-46(55-30-39)62-26-8-7-9-27-62)38-20-16-36(17-21-38)41-32-57-50(59-41)45-13-11-29-64(45)52(67)48(34(3)4)61-54(69)71-6/h14-22,25,30-34,42-45,47-48H,7-13,23-24,26-29H2,1-6H3,(H,56,58)(H,57,59)(H,60,68)(H,61,69)/t42-,43-,44+,45+,47+,48+/m1/s1. The molecule has 4 aliphatic heterocycles. The van der Waals surface area contributed by atoms with Gasteiger partial charge in [0.05, 0.1) is 74.1 Å². The van der Waals surface area contributed by atoms with Gasteiger partial charge in [-0.05, 0) is 104 Å². The molecule has 17 heteroatoms. The van der Waals surface area contributed by atoms with E-state index in [1.807, 2.05) is 56.1 Å². The van der Waals surface area contributed by atoms with Gasteiger partial charge < -0.3 is 49.7 Å². The number of benzene rings is 2. The molecule has 4 saturated heterocycles. The Labute approximate surface area is 416 Å². The summed E-state index contributed by atoms with van der Waals surface area (Å²) in [5, 5.41) is 5.46. The van der Waals surface area contributed by atoms with Crippen LogP contribution in [-0.2, 0) is 19.1 Å². The number of amides is 4. The summed E-state index contributed by atoms with van der Waals surface area (Å²) in [4.78, 5) is 82.1. The van der Waals surface area contributed by atoms with Gasteiger partial charge in [0.15, 0.2) is 0 Å². The second-order valence-corrected chi connectivity index (χ2v) is 20.1. The summed E-state index contributed by atoms with van der Waals surface area (Å²) in [7, 11) is 2.60. The lowest BCUT2D eigenvalue weighted by molar-refractivity contribution is -0.136. The quantitative estimate of drug-likeness (QED) is 0.0830. The van der Waals surface area contributed by atoms with Crippen LogP contribution < -0.4 is 20.4 Å². The van der Waals surface area contributed by atoms with Crippen LogP contribution in [0, 0.1) is 11.8 Å². The molecular formula is C54H69N11O6. The molecule has 0 radical (unpaired) electrons. The van der Waals surface area contributed by atoms with E-state index in [1.54, 1.807) is 0 Å². The summed E-state index contributed by atoms with van der Waals surface area (Å²) < 4.78 is 9.63. The van der Waals surface area contributed by atoms with Crippen molar-refractivity contribution in [2.24, 2.45) is 11.8 Å². The number of alkyl carbamates (subject to hydrolysis) is 2. The topological polar surface area (TPSA) is 194 Å². The summed E-state index contributed by atoms with van der Waals surface area (Å²) in [5.74, 6) is 2.00. The fourth-order valence-electron chi connectivity index (χ4n) is 11.1. The Balaban J connectivity index is 0.931. The van der Waals surface area contributed by atoms with Crippen LogP contribution in [0.2, 0.25) is 0 Å². The zero-order valence-electron chi connectivity index (χ0n) is 41.9. The van der Waals surface area contributed by atoms with Gasteiger partial charge in [0.2, 0.25) is 11.8 Å². The van der Waals surface area contributed by atoms with E-state index in [-0.39, 0.29) is 47.8 Å². The lowest BCUT2D eigenvalue weighted by Gasteiger charge is -2.34. The second-order valence-electron chi connectivity index (χ2n) is 20.1. The van der Waals surface area contributed by atoms with Crippen LogP contribution in [0.15, 0.2) is 79.3 Å². The van der Waals surface area contributed by atoms with Crippen molar-refractivity contribution in [2.45, 2.75) is 122 Å². The Morgan fingerprint density at radius 3 is 1.42 bits per heavy atom. The molecule has 4 N–H and O–H groups in total. The summed E-state index contributed by atoms with van der Waals surface area (Å²) in [5.41, 5.74) is 7.27. The first-order valence-electron chi connectivity index (χ1n) is 25.5. The van der Waals surface area contributed by atoms with Gasteiger partial charge in [-0.25, -0.2) is 24.5 Å². The maximum atomic E-state index is 13.8. The van der Waals surface area contributed by atoms with Crippen molar-refractivity contribution in [3.63, 3.8) is 0 Å². The Bertz CT molecular complexity index is 2470. The van der Waals surface area contributed by atoms with Gasteiger partial charge in [-0.15, -0.1) is 0 Å². The van der Waals surface area contributed by atoms with E-state index in [4.69, 9.17) is 24.4 Å². The molecule has 4 aliphatic rings. The average Bonchev–Trinajstić information content (AvgIpc) is 4.27. The zero-order chi connectivity index (χ0) is 49.8. The van der Waals surface area contributed by atoms with E-state index in [0.717, 1.165) is 97.3 Å². The minimum atomic E-state index is -0.698. The fraction of sp³-hybridized carbons (Fsp3) is 0.500. The number of rotatable bonds is 14. The third-order valence-corrected chi connectivity index (χ3v) is 15.0. The lowest BCUT2D eigenvalue weighted by Crippen LogP contribution is -2.51. The van der Waals surface area contributed by atoms with Gasteiger partial charge in [0.1, 0.15) is 29.6 Å². The molecule has 376 valence electrons. The molecule has 17 nitrogen and oxygen atoms in total. The molecule has 0 spiro atoms. The molecule has 6 atom stereocenters. The predicted octanol–water partition coefficient (Wildman–Crippen LogP) is 9.02. The number of piperidine rings is 1. The molecule has 4 fully saturated rings. The summed E-state index contributed by atoms with van der Waals surface area (Å²) in [6, 6.07) is 20.3. The number of nitrogens with zero attached hydrogens (tertiary/aromatic N) is 7. The van der Waals surface area contributed by atoms with Crippen molar-refractivity contribution in [2.75, 3.05) is 50.2 Å². The third-order valence-electron chi connectivity index (χ3n) is 15.0. The number of methoxy groups -OCH3 is 2. The number of hydrogen-bond acceptors (Lipinski definition) is 11. The van der Waals surface area contributed by atoms with E-state index in [1.165, 1.54) is 44.6 Å². The summed E-state index contributed by atoms with van der Waals surface area (Å²) in [6.07, 6.45) is 13.3. The van der Waals surface area contributed by atoms with Crippen LogP contribution >= 0.6 is 0 Å². The van der Waals surface area contributed by atoms with Gasteiger partial charge in [-0.3, -0.25) is 9.59 Å². The molecule has 7 heterocycles. The van der Waals surface area contributed by atoms with Crippen LogP contribution in [0.1, 0.15) is 132 Å². The van der Waals surface area contributed by atoms with Crippen molar-refractivity contribution >= 4 is 35.5 Å². The number of aromatic amines is 2. The highest BCUT2D eigenvalue weighted by Crippen LogP contribution is 2.48. The number of pyridine rings is 1. The SMILES string of the molecule is COC(=O)N[C@H](C(=O)N1CCC[C@H]1c1ncc(-c2ccc([C@H]3CC[C@H](c4ccc(-c5cnc([C@@H]6CCCN6C(=O)[C@@H](NC(=O)OC)C(C)C)[nH]5)cc4)N3c3ccc(N4CCCCC4)nc3)cc2)[nH]1)C(C)C. The minimum absolute atomic E-state index is 0.101. The normalized spacial score (nSPS) is 21.2. The second kappa shape index (κ2) is 21.6. The maximum absolute atomic E-state index is 13.8. The Morgan fingerprint density at radius 1 is 0.549 bits per heavy atom. The largest absolute Gasteiger partial charge is 0.453 e. The molecule has 71 heavy (non-hydrogen) atoms. The fourth-order valence-corrected chi connectivity index (χ4v) is 11.1. The van der Waals surface area contributed by atoms with Crippen molar-refractivity contribution in [1.29, 1.82) is 0 Å². The van der Waals surface area contributed by atoms with Crippen molar-refractivity contribution in [3.8, 4) is 22.5 Å². The van der Waals surface area contributed by atoms with Crippen molar-refractivity contribution < 1.29 is 28.7 Å². The average molecular weight is 968 g/mol. The van der Waals surface area contributed by atoms with Crippen molar-refractivity contribution in [3.05, 3.63) is 102 Å². The molecule has 9 rings (SSSR count). The first-order valence-corrected chi connectivity index (χ1v) is 25.5. The number of ether oxygens (including phenoxy) is 2. The Kier molecular flexibility index (Phi) is 14.9. The van der Waals surface area contributed by atoms with E-state index >= 15 is 0 Å². The monoisotopic (exact) mass is 968 g/mol. The number of carbonyl (C=O) groups is 4. The van der Waals surface area contributed by atoms with Crippen LogP contribution in [-0.4, -0.2) is 111 Å². The predicted molar refractivity (Wildman–Crippen MR) is 271 cm³/mol. The van der Waals surface area contributed by atoms with Gasteiger partial charge in [-0.2, -0.15) is 0 Å². The van der Waals surface area contributed by atoms with Crippen LogP contribution in [0.25, 0.3) is 22.5 Å². The highest BCUT2D eigenvalue weighted by molar-refractivity contribution is 5.87. The number of likely N-dealkylation sites (tertiary alicyclic amines) is 2. The molecule has 2 aromatic carbocycles. The maximum Gasteiger partial charge on any atom is 0.407 e. The first kappa shape index (κ1) is 49.1. The van der Waals surface area contributed by atoms with Crippen LogP contribution in [0.4, 0.5) is 21.1 Å². The van der Waals surface area contributed by atoms with E-state index in [0.29, 0.717) is 13.1 Å². The highest BCUT2D eigenvalue weighted by Gasteiger charge is 2.40. The molecule has 4 amide bonds. The number of imidazole rings is 2. The number of H-pyrrole nitrogens is 2. The number of nitrogens with one attached hydrogen (secondary N) is 4. The lowest BCUT2D eigenvalue weighted by atomic mass is 10.0. The highest BCUT2D eigenvalue weighted by atomic mass is 16.5. The molecule has 3 aromatic heterocycles. The smallest absolute Gasteiger partial charge is 0.407 e. The number of aromatic nitrogens is 5. The molecule has 0 unspecified atom stereocenters. The van der Waals surface area contributed by atoms with E-state index in [2.05, 4.69) is 91.1 Å². The van der Waals surface area contributed by atoms with Crippen LogP contribution in [0.5, 0.6) is 0 Å². The number of carbonyl (C=O) groups excluding carboxylic acids is 4. The zero-order valence-corrected chi connectivity index (χ0v) is 41.9. The van der Waals surface area contributed by atoms with Gasteiger partial charge in [-0.1, -0.05) is 76.2 Å². The van der Waals surface area contributed by atoms with Gasteiger partial charge in [0, 0.05) is 26.2 Å². The van der Waals surface area contributed by atoms with E-state index < -0.39 is 24.3 Å². The molecule has 0 saturated carbocycles.